The van der Waals surface area contributed by atoms with E-state index in [2.05, 4.69) is 32.5 Å². The molecule has 1 heterocycles. The minimum absolute atomic E-state index is 0.168. The van der Waals surface area contributed by atoms with Gasteiger partial charge in [-0.25, -0.2) is 9.97 Å². The maximum absolute atomic E-state index is 12.1. The molecule has 33 heavy (non-hydrogen) atoms. The monoisotopic (exact) mass is 489 g/mol. The highest BCUT2D eigenvalue weighted by molar-refractivity contribution is 6.37. The summed E-state index contributed by atoms with van der Waals surface area (Å²) in [5.41, 5.74) is 1.28. The average molecular weight is 490 g/mol. The summed E-state index contributed by atoms with van der Waals surface area (Å²) in [6.07, 6.45) is 2.48. The third-order valence-electron chi connectivity index (χ3n) is 4.43. The lowest BCUT2D eigenvalue weighted by molar-refractivity contribution is -0.119. The summed E-state index contributed by atoms with van der Waals surface area (Å²) in [6.45, 7) is 5.40. The van der Waals surface area contributed by atoms with Crippen LogP contribution in [0.2, 0.25) is 10.0 Å². The molecule has 0 aliphatic rings. The number of methoxy groups -OCH3 is 1. The molecule has 0 saturated carbocycles. The molecule has 0 bridgehead atoms. The number of hydrogen-bond donors (Lipinski definition) is 3. The number of halogens is 2. The highest BCUT2D eigenvalue weighted by Crippen LogP contribution is 2.38. The molecule has 3 N–H and O–H groups in total. The lowest BCUT2D eigenvalue weighted by Gasteiger charge is -2.16. The Kier molecular flexibility index (Phi) is 7.92. The van der Waals surface area contributed by atoms with Crippen LogP contribution in [0.25, 0.3) is 10.9 Å². The standard InChI is InChI=1S/C22H21Cl2N5O4/c1-4-19(31)29-21-17(33-8-7-25-12(2)30)6-5-13-20(21)26-11-27-22(13)28-16-10-18(32-3)15(24)9-14(16)23/h4-6,9-11H,1,7-8H2,2-3H3,(H,25,30)(H,29,31)(H,26,27,28). The third kappa shape index (κ3) is 5.82. The van der Waals surface area contributed by atoms with Gasteiger partial charge in [-0.3, -0.25) is 9.59 Å². The number of anilines is 3. The van der Waals surface area contributed by atoms with E-state index in [1.807, 2.05) is 0 Å². The Bertz CT molecular complexity index is 1220. The van der Waals surface area contributed by atoms with Crippen molar-refractivity contribution in [2.75, 3.05) is 30.9 Å². The molecule has 0 unspecified atom stereocenters. The van der Waals surface area contributed by atoms with E-state index in [4.69, 9.17) is 32.7 Å². The lowest BCUT2D eigenvalue weighted by atomic mass is 10.1. The molecule has 0 fully saturated rings. The van der Waals surface area contributed by atoms with Crippen LogP contribution < -0.4 is 25.4 Å². The van der Waals surface area contributed by atoms with Crippen LogP contribution in [0.1, 0.15) is 6.92 Å². The molecular formula is C22H21Cl2N5O4. The van der Waals surface area contributed by atoms with Crippen LogP contribution in [0.15, 0.2) is 43.2 Å². The van der Waals surface area contributed by atoms with Crippen molar-refractivity contribution in [2.45, 2.75) is 6.92 Å². The van der Waals surface area contributed by atoms with E-state index < -0.39 is 5.91 Å². The fraction of sp³-hybridized carbons (Fsp3) is 0.182. The van der Waals surface area contributed by atoms with Crippen LogP contribution >= 0.6 is 23.2 Å². The molecule has 0 aliphatic carbocycles. The van der Waals surface area contributed by atoms with Crippen molar-refractivity contribution in [2.24, 2.45) is 0 Å². The van der Waals surface area contributed by atoms with Gasteiger partial charge in [0.25, 0.3) is 0 Å². The van der Waals surface area contributed by atoms with Crippen molar-refractivity contribution in [1.82, 2.24) is 15.3 Å². The van der Waals surface area contributed by atoms with Gasteiger partial charge in [0.15, 0.2) is 0 Å². The summed E-state index contributed by atoms with van der Waals surface area (Å²) in [6, 6.07) is 6.63. The second-order valence-corrected chi connectivity index (χ2v) is 7.49. The highest BCUT2D eigenvalue weighted by atomic mass is 35.5. The molecule has 0 atom stereocenters. The molecule has 2 aromatic carbocycles. The molecule has 0 saturated heterocycles. The number of carbonyl (C=O) groups excluding carboxylic acids is 2. The lowest BCUT2D eigenvalue weighted by Crippen LogP contribution is -2.25. The second kappa shape index (κ2) is 10.8. The van der Waals surface area contributed by atoms with Gasteiger partial charge in [0.2, 0.25) is 11.8 Å². The number of carbonyl (C=O) groups is 2. The molecule has 11 heteroatoms. The summed E-state index contributed by atoms with van der Waals surface area (Å²) in [5.74, 6) is 0.644. The molecule has 0 aliphatic heterocycles. The van der Waals surface area contributed by atoms with Gasteiger partial charge >= 0.3 is 0 Å². The maximum atomic E-state index is 12.1. The van der Waals surface area contributed by atoms with Crippen molar-refractivity contribution in [3.63, 3.8) is 0 Å². The Hall–Kier alpha value is -3.56. The summed E-state index contributed by atoms with van der Waals surface area (Å²) < 4.78 is 11.0. The number of nitrogens with one attached hydrogen (secondary N) is 3. The Morgan fingerprint density at radius 1 is 1.15 bits per heavy atom. The van der Waals surface area contributed by atoms with Gasteiger partial charge in [0, 0.05) is 18.4 Å². The van der Waals surface area contributed by atoms with Crippen LogP contribution in [-0.2, 0) is 9.59 Å². The average Bonchev–Trinajstić information content (AvgIpc) is 2.79. The molecule has 3 aromatic rings. The Balaban J connectivity index is 2.01. The first-order valence-corrected chi connectivity index (χ1v) is 10.5. The summed E-state index contributed by atoms with van der Waals surface area (Å²) in [5, 5.41) is 9.86. The van der Waals surface area contributed by atoms with Crippen LogP contribution in [-0.4, -0.2) is 42.0 Å². The molecule has 2 amide bonds. The number of nitrogens with zero attached hydrogens (tertiary/aromatic N) is 2. The van der Waals surface area contributed by atoms with E-state index in [0.29, 0.717) is 56.2 Å². The number of hydrogen-bond acceptors (Lipinski definition) is 7. The fourth-order valence-electron chi connectivity index (χ4n) is 2.92. The molecule has 1 aromatic heterocycles. The Morgan fingerprint density at radius 2 is 1.94 bits per heavy atom. The van der Waals surface area contributed by atoms with E-state index >= 15 is 0 Å². The van der Waals surface area contributed by atoms with Gasteiger partial charge in [-0.2, -0.15) is 0 Å². The SMILES string of the molecule is C=CC(=O)Nc1c(OCCNC(C)=O)ccc2c(Nc3cc(OC)c(Cl)cc3Cl)ncnc12. The molecule has 9 nitrogen and oxygen atoms in total. The highest BCUT2D eigenvalue weighted by Gasteiger charge is 2.17. The van der Waals surface area contributed by atoms with Crippen LogP contribution in [0.4, 0.5) is 17.2 Å². The first kappa shape index (κ1) is 24.1. The topological polar surface area (TPSA) is 114 Å². The van der Waals surface area contributed by atoms with E-state index in [9.17, 15) is 9.59 Å². The maximum Gasteiger partial charge on any atom is 0.247 e. The second-order valence-electron chi connectivity index (χ2n) is 6.67. The van der Waals surface area contributed by atoms with Gasteiger partial charge in [-0.1, -0.05) is 29.8 Å². The van der Waals surface area contributed by atoms with Gasteiger partial charge in [0.1, 0.15) is 41.5 Å². The molecule has 0 spiro atoms. The Morgan fingerprint density at radius 3 is 2.64 bits per heavy atom. The number of benzene rings is 2. The first-order valence-electron chi connectivity index (χ1n) is 9.72. The quantitative estimate of drug-likeness (QED) is 0.302. The zero-order valence-corrected chi connectivity index (χ0v) is 19.4. The molecule has 172 valence electrons. The van der Waals surface area contributed by atoms with Gasteiger partial charge in [-0.05, 0) is 24.3 Å². The number of ether oxygens (including phenoxy) is 2. The van der Waals surface area contributed by atoms with E-state index in [1.165, 1.54) is 20.4 Å². The van der Waals surface area contributed by atoms with Crippen molar-refractivity contribution in [3.8, 4) is 11.5 Å². The largest absolute Gasteiger partial charge is 0.495 e. The van der Waals surface area contributed by atoms with Crippen LogP contribution in [0, 0.1) is 0 Å². The summed E-state index contributed by atoms with van der Waals surface area (Å²) in [4.78, 5) is 31.8. The number of aromatic nitrogens is 2. The zero-order chi connectivity index (χ0) is 24.0. The summed E-state index contributed by atoms with van der Waals surface area (Å²) >= 11 is 12.5. The van der Waals surface area contributed by atoms with Gasteiger partial charge in [-0.15, -0.1) is 0 Å². The Labute approximate surface area is 200 Å². The third-order valence-corrected chi connectivity index (χ3v) is 5.04. The predicted molar refractivity (Wildman–Crippen MR) is 129 cm³/mol. The van der Waals surface area contributed by atoms with E-state index in [-0.39, 0.29) is 12.5 Å². The first-order chi connectivity index (χ1) is 15.8. The number of rotatable bonds is 9. The van der Waals surface area contributed by atoms with Crippen molar-refractivity contribution >= 4 is 63.1 Å². The normalized spacial score (nSPS) is 10.4. The van der Waals surface area contributed by atoms with Crippen LogP contribution in [0.5, 0.6) is 11.5 Å². The summed E-state index contributed by atoms with van der Waals surface area (Å²) in [7, 11) is 1.50. The van der Waals surface area contributed by atoms with E-state index in [0.717, 1.165) is 6.08 Å². The predicted octanol–water partition coefficient (Wildman–Crippen LogP) is 4.33. The minimum Gasteiger partial charge on any atom is -0.495 e. The fourth-order valence-corrected chi connectivity index (χ4v) is 3.43. The molecule has 3 rings (SSSR count). The van der Waals surface area contributed by atoms with E-state index in [1.54, 1.807) is 24.3 Å². The van der Waals surface area contributed by atoms with Crippen molar-refractivity contribution in [3.05, 3.63) is 53.3 Å². The van der Waals surface area contributed by atoms with Crippen LogP contribution in [0.3, 0.4) is 0 Å². The van der Waals surface area contributed by atoms with Gasteiger partial charge < -0.3 is 25.4 Å². The molecular weight excluding hydrogens is 469 g/mol. The molecule has 0 radical (unpaired) electrons. The van der Waals surface area contributed by atoms with Crippen molar-refractivity contribution in [1.29, 1.82) is 0 Å². The minimum atomic E-state index is -0.437. The smallest absolute Gasteiger partial charge is 0.247 e. The van der Waals surface area contributed by atoms with Crippen molar-refractivity contribution < 1.29 is 19.1 Å². The van der Waals surface area contributed by atoms with Gasteiger partial charge in [0.05, 0.1) is 29.4 Å². The zero-order valence-electron chi connectivity index (χ0n) is 17.9. The number of amides is 2. The number of fused-ring (bicyclic) bond motifs is 1.